The van der Waals surface area contributed by atoms with E-state index in [4.69, 9.17) is 0 Å². The normalized spacial score (nSPS) is 16.1. The summed E-state index contributed by atoms with van der Waals surface area (Å²) in [6, 6.07) is 12.6. The van der Waals surface area contributed by atoms with Crippen LogP contribution in [0.1, 0.15) is 23.4 Å². The molecule has 4 aromatic rings. The van der Waals surface area contributed by atoms with Gasteiger partial charge in [-0.25, -0.2) is 4.99 Å². The number of carbonyl (C=O) groups is 1. The molecule has 9 heteroatoms. The molecular weight excluding hydrogens is 442 g/mol. The maximum Gasteiger partial charge on any atom is 0.271 e. The molecule has 1 N–H and O–H groups in total. The Morgan fingerprint density at radius 3 is 2.69 bits per heavy atom. The fraction of sp³-hybridized carbons (Fsp3) is 0.130. The highest BCUT2D eigenvalue weighted by Crippen LogP contribution is 2.33. The molecule has 7 nitrogen and oxygen atoms in total. The van der Waals surface area contributed by atoms with Crippen LogP contribution in [-0.2, 0) is 11.8 Å². The van der Waals surface area contributed by atoms with Crippen molar-refractivity contribution in [2.24, 2.45) is 12.0 Å². The van der Waals surface area contributed by atoms with Crippen molar-refractivity contribution in [3.63, 3.8) is 0 Å². The SMILES string of the molecule is CC1=C(C(=O)Nc2ccccc2)C(c2cccs2)n2c(s/c(=C/c3cnn(C)c3)c2=O)=N1. The van der Waals surface area contributed by atoms with Crippen LogP contribution in [0.15, 0.2) is 81.3 Å². The minimum Gasteiger partial charge on any atom is -0.322 e. The molecule has 1 unspecified atom stereocenters. The number of allylic oxidation sites excluding steroid dienone is 1. The van der Waals surface area contributed by atoms with E-state index in [0.29, 0.717) is 26.3 Å². The quantitative estimate of drug-likeness (QED) is 0.507. The Morgan fingerprint density at radius 1 is 1.19 bits per heavy atom. The molecule has 1 aromatic carbocycles. The lowest BCUT2D eigenvalue weighted by Gasteiger charge is -2.24. The zero-order valence-electron chi connectivity index (χ0n) is 17.4. The third kappa shape index (κ3) is 3.65. The minimum atomic E-state index is -0.536. The third-order valence-corrected chi connectivity index (χ3v) is 7.04. The number of para-hydroxylation sites is 1. The second kappa shape index (κ2) is 8.18. The first kappa shape index (κ1) is 20.3. The van der Waals surface area contributed by atoms with E-state index in [1.807, 2.05) is 74.1 Å². The first-order valence-corrected chi connectivity index (χ1v) is 11.6. The zero-order valence-corrected chi connectivity index (χ0v) is 19.0. The van der Waals surface area contributed by atoms with Crippen LogP contribution in [0.4, 0.5) is 5.69 Å². The van der Waals surface area contributed by atoms with Crippen molar-refractivity contribution >= 4 is 40.3 Å². The van der Waals surface area contributed by atoms with Crippen LogP contribution in [0.25, 0.3) is 6.08 Å². The number of aryl methyl sites for hydroxylation is 1. The second-order valence-electron chi connectivity index (χ2n) is 7.36. The van der Waals surface area contributed by atoms with Crippen LogP contribution in [0.2, 0.25) is 0 Å². The Bertz CT molecular complexity index is 1510. The summed E-state index contributed by atoms with van der Waals surface area (Å²) in [6.07, 6.45) is 5.36. The molecule has 1 atom stereocenters. The molecule has 1 aliphatic heterocycles. The van der Waals surface area contributed by atoms with Gasteiger partial charge in [-0.2, -0.15) is 5.10 Å². The molecule has 5 rings (SSSR count). The zero-order chi connectivity index (χ0) is 22.2. The number of rotatable bonds is 4. The third-order valence-electron chi connectivity index (χ3n) is 5.13. The maximum atomic E-state index is 13.5. The van der Waals surface area contributed by atoms with Gasteiger partial charge in [-0.15, -0.1) is 11.3 Å². The summed E-state index contributed by atoms with van der Waals surface area (Å²) in [7, 11) is 1.83. The average Bonchev–Trinajstić information content (AvgIpc) is 3.50. The fourth-order valence-electron chi connectivity index (χ4n) is 3.71. The fourth-order valence-corrected chi connectivity index (χ4v) is 5.58. The number of nitrogens with one attached hydrogen (secondary N) is 1. The van der Waals surface area contributed by atoms with E-state index < -0.39 is 6.04 Å². The average molecular weight is 462 g/mol. The molecule has 0 radical (unpaired) electrons. The standard InChI is InChI=1S/C23H19N5O2S2/c1-14-19(21(29)26-16-7-4-3-5-8-16)20(17-9-6-10-31-17)28-22(30)18(32-23(28)25-14)11-15-12-24-27(2)13-15/h3-13,20H,1-2H3,(H,26,29)/b18-11+. The highest BCUT2D eigenvalue weighted by molar-refractivity contribution is 7.10. The number of thiophene rings is 1. The van der Waals surface area contributed by atoms with Crippen molar-refractivity contribution in [2.45, 2.75) is 13.0 Å². The molecular formula is C23H19N5O2S2. The number of carbonyl (C=O) groups excluding carboxylic acids is 1. The lowest BCUT2D eigenvalue weighted by molar-refractivity contribution is -0.113. The van der Waals surface area contributed by atoms with Crippen molar-refractivity contribution in [3.05, 3.63) is 102 Å². The Labute approximate surface area is 191 Å². The van der Waals surface area contributed by atoms with Crippen molar-refractivity contribution in [1.29, 1.82) is 0 Å². The Balaban J connectivity index is 1.65. The lowest BCUT2D eigenvalue weighted by atomic mass is 10.0. The summed E-state index contributed by atoms with van der Waals surface area (Å²) in [6.45, 7) is 1.82. The topological polar surface area (TPSA) is 81.3 Å². The number of amides is 1. The van der Waals surface area contributed by atoms with Gasteiger partial charge in [0.25, 0.3) is 11.5 Å². The number of benzene rings is 1. The van der Waals surface area contributed by atoms with E-state index in [1.165, 1.54) is 22.7 Å². The van der Waals surface area contributed by atoms with Gasteiger partial charge >= 0.3 is 0 Å². The number of anilines is 1. The van der Waals surface area contributed by atoms with Crippen molar-refractivity contribution in [3.8, 4) is 0 Å². The van der Waals surface area contributed by atoms with Gasteiger partial charge in [0.2, 0.25) is 0 Å². The van der Waals surface area contributed by atoms with Gasteiger partial charge in [0.1, 0.15) is 6.04 Å². The molecule has 0 saturated carbocycles. The van der Waals surface area contributed by atoms with E-state index in [2.05, 4.69) is 15.4 Å². The maximum absolute atomic E-state index is 13.5. The van der Waals surface area contributed by atoms with Gasteiger partial charge in [0.05, 0.1) is 22.0 Å². The summed E-state index contributed by atoms with van der Waals surface area (Å²) >= 11 is 2.83. The molecule has 0 spiro atoms. The highest BCUT2D eigenvalue weighted by Gasteiger charge is 2.33. The Kier molecular flexibility index (Phi) is 5.20. The number of nitrogens with zero attached hydrogens (tertiary/aromatic N) is 4. The molecule has 3 aromatic heterocycles. The molecule has 0 saturated heterocycles. The Hall–Kier alpha value is -3.56. The number of hydrogen-bond donors (Lipinski definition) is 1. The molecule has 32 heavy (non-hydrogen) atoms. The summed E-state index contributed by atoms with van der Waals surface area (Å²) in [5, 5.41) is 9.06. The van der Waals surface area contributed by atoms with Gasteiger partial charge in [-0.05, 0) is 36.6 Å². The molecule has 0 aliphatic carbocycles. The molecule has 1 aliphatic rings. The minimum absolute atomic E-state index is 0.173. The largest absolute Gasteiger partial charge is 0.322 e. The van der Waals surface area contributed by atoms with E-state index in [9.17, 15) is 9.59 Å². The van der Waals surface area contributed by atoms with E-state index in [0.717, 1.165) is 10.4 Å². The summed E-state index contributed by atoms with van der Waals surface area (Å²) in [4.78, 5) is 33.0. The summed E-state index contributed by atoms with van der Waals surface area (Å²) in [5.41, 5.74) is 2.43. The summed E-state index contributed by atoms with van der Waals surface area (Å²) in [5.74, 6) is -0.266. The van der Waals surface area contributed by atoms with Gasteiger partial charge < -0.3 is 5.32 Å². The van der Waals surface area contributed by atoms with Crippen LogP contribution < -0.4 is 20.2 Å². The van der Waals surface area contributed by atoms with Crippen LogP contribution in [0.3, 0.4) is 0 Å². The van der Waals surface area contributed by atoms with Gasteiger partial charge in [-0.1, -0.05) is 35.6 Å². The highest BCUT2D eigenvalue weighted by atomic mass is 32.1. The number of aromatic nitrogens is 3. The van der Waals surface area contributed by atoms with E-state index in [-0.39, 0.29) is 11.5 Å². The second-order valence-corrected chi connectivity index (χ2v) is 9.35. The predicted octanol–water partition coefficient (Wildman–Crippen LogP) is 2.67. The van der Waals surface area contributed by atoms with Crippen LogP contribution in [-0.4, -0.2) is 20.3 Å². The first-order chi connectivity index (χ1) is 15.5. The van der Waals surface area contributed by atoms with Crippen molar-refractivity contribution in [2.75, 3.05) is 5.32 Å². The monoisotopic (exact) mass is 461 g/mol. The predicted molar refractivity (Wildman–Crippen MR) is 126 cm³/mol. The lowest BCUT2D eigenvalue weighted by Crippen LogP contribution is -2.40. The first-order valence-electron chi connectivity index (χ1n) is 9.92. The van der Waals surface area contributed by atoms with Crippen LogP contribution in [0.5, 0.6) is 0 Å². The smallest absolute Gasteiger partial charge is 0.271 e. The number of thiazole rings is 1. The van der Waals surface area contributed by atoms with Gasteiger partial charge in [0, 0.05) is 29.4 Å². The van der Waals surface area contributed by atoms with Gasteiger partial charge in [0.15, 0.2) is 4.80 Å². The van der Waals surface area contributed by atoms with Crippen molar-refractivity contribution < 1.29 is 4.79 Å². The van der Waals surface area contributed by atoms with Crippen LogP contribution >= 0.6 is 22.7 Å². The van der Waals surface area contributed by atoms with Crippen LogP contribution in [0, 0.1) is 0 Å². The molecule has 0 bridgehead atoms. The molecule has 1 amide bonds. The van der Waals surface area contributed by atoms with E-state index >= 15 is 0 Å². The van der Waals surface area contributed by atoms with Gasteiger partial charge in [-0.3, -0.25) is 18.8 Å². The van der Waals surface area contributed by atoms with Crippen molar-refractivity contribution in [1.82, 2.24) is 14.3 Å². The Morgan fingerprint density at radius 2 is 2.00 bits per heavy atom. The molecule has 0 fully saturated rings. The number of hydrogen-bond acceptors (Lipinski definition) is 6. The molecule has 160 valence electrons. The number of fused-ring (bicyclic) bond motifs is 1. The van der Waals surface area contributed by atoms with E-state index in [1.54, 1.807) is 15.4 Å². The summed E-state index contributed by atoms with van der Waals surface area (Å²) < 4.78 is 3.87. The molecule has 4 heterocycles.